The van der Waals surface area contributed by atoms with Gasteiger partial charge < -0.3 is 9.84 Å². The Kier molecular flexibility index (Phi) is 3.64. The Hall–Kier alpha value is -1.23. The number of aryl methyl sites for hydroxylation is 1. The van der Waals surface area contributed by atoms with Crippen LogP contribution in [-0.2, 0) is 11.2 Å². The van der Waals surface area contributed by atoms with Gasteiger partial charge in [0.25, 0.3) is 0 Å². The number of nitrogens with zero attached hydrogens (tertiary/aromatic N) is 1. The van der Waals surface area contributed by atoms with Gasteiger partial charge in [-0.1, -0.05) is 24.3 Å². The Morgan fingerprint density at radius 1 is 1.47 bits per heavy atom. The van der Waals surface area contributed by atoms with Crippen molar-refractivity contribution in [2.24, 2.45) is 0 Å². The summed E-state index contributed by atoms with van der Waals surface area (Å²) < 4.78 is 5.82. The Morgan fingerprint density at radius 2 is 2.32 bits per heavy atom. The normalized spacial score (nSPS) is 20.0. The largest absolute Gasteiger partial charge is 0.387 e. The van der Waals surface area contributed by atoms with Crippen molar-refractivity contribution in [3.05, 3.63) is 51.5 Å². The molecule has 1 aliphatic rings. The number of ether oxygens (including phenoxy) is 1. The molecule has 3 rings (SSSR count). The van der Waals surface area contributed by atoms with Crippen LogP contribution in [0.4, 0.5) is 0 Å². The fourth-order valence-electron chi connectivity index (χ4n) is 2.53. The summed E-state index contributed by atoms with van der Waals surface area (Å²) in [5, 5.41) is 13.2. The molecule has 2 aromatic rings. The van der Waals surface area contributed by atoms with Gasteiger partial charge in [0.1, 0.15) is 0 Å². The molecule has 19 heavy (non-hydrogen) atoms. The van der Waals surface area contributed by atoms with Gasteiger partial charge in [-0.2, -0.15) is 0 Å². The lowest BCUT2D eigenvalue weighted by molar-refractivity contribution is 0.00292. The van der Waals surface area contributed by atoms with E-state index in [-0.39, 0.29) is 6.10 Å². The minimum Gasteiger partial charge on any atom is -0.387 e. The van der Waals surface area contributed by atoms with Gasteiger partial charge in [0.05, 0.1) is 29.5 Å². The van der Waals surface area contributed by atoms with Crippen molar-refractivity contribution in [1.82, 2.24) is 4.98 Å². The average Bonchev–Trinajstić information content (AvgIpc) is 2.86. The lowest BCUT2D eigenvalue weighted by atomic mass is 9.94. The zero-order valence-electron chi connectivity index (χ0n) is 10.9. The third-order valence-corrected chi connectivity index (χ3v) is 4.30. The molecular weight excluding hydrogens is 258 g/mol. The summed E-state index contributed by atoms with van der Waals surface area (Å²) in [6, 6.07) is 8.32. The summed E-state index contributed by atoms with van der Waals surface area (Å²) in [6.45, 7) is 2.68. The first kappa shape index (κ1) is 12.8. The average molecular weight is 275 g/mol. The number of benzene rings is 1. The van der Waals surface area contributed by atoms with Crippen LogP contribution in [0.15, 0.2) is 29.6 Å². The Morgan fingerprint density at radius 3 is 3.11 bits per heavy atom. The van der Waals surface area contributed by atoms with E-state index < -0.39 is 6.10 Å². The predicted octanol–water partition coefficient (Wildman–Crippen LogP) is 3.19. The number of thiazole rings is 1. The van der Waals surface area contributed by atoms with Gasteiger partial charge in [-0.15, -0.1) is 11.3 Å². The van der Waals surface area contributed by atoms with Gasteiger partial charge in [0, 0.05) is 11.8 Å². The minimum absolute atomic E-state index is 0.0260. The zero-order chi connectivity index (χ0) is 13.2. The quantitative estimate of drug-likeness (QED) is 0.935. The summed E-state index contributed by atoms with van der Waals surface area (Å²) in [5.74, 6) is 0. The molecule has 0 saturated carbocycles. The third-order valence-electron chi connectivity index (χ3n) is 3.51. The molecule has 2 unspecified atom stereocenters. The third kappa shape index (κ3) is 2.71. The molecule has 0 amide bonds. The molecule has 3 nitrogen and oxygen atoms in total. The molecule has 4 heteroatoms. The van der Waals surface area contributed by atoms with Crippen molar-refractivity contribution >= 4 is 11.3 Å². The van der Waals surface area contributed by atoms with E-state index in [2.05, 4.69) is 23.2 Å². The maximum Gasteiger partial charge on any atom is 0.0996 e. The lowest BCUT2D eigenvalue weighted by Gasteiger charge is -2.27. The van der Waals surface area contributed by atoms with Crippen molar-refractivity contribution in [2.75, 3.05) is 6.61 Å². The van der Waals surface area contributed by atoms with Crippen molar-refractivity contribution in [3.8, 4) is 0 Å². The summed E-state index contributed by atoms with van der Waals surface area (Å²) in [7, 11) is 0. The highest BCUT2D eigenvalue weighted by Gasteiger charge is 2.24. The minimum atomic E-state index is -0.555. The number of aliphatic hydroxyl groups excluding tert-OH is 1. The van der Waals surface area contributed by atoms with E-state index in [0.29, 0.717) is 6.42 Å². The second kappa shape index (κ2) is 5.41. The maximum absolute atomic E-state index is 10.3. The molecule has 2 atom stereocenters. The highest BCUT2D eigenvalue weighted by Crippen LogP contribution is 2.34. The van der Waals surface area contributed by atoms with Gasteiger partial charge in [-0.3, -0.25) is 0 Å². The lowest BCUT2D eigenvalue weighted by Crippen LogP contribution is -2.18. The van der Waals surface area contributed by atoms with Gasteiger partial charge in [-0.05, 0) is 24.5 Å². The number of fused-ring (bicyclic) bond motifs is 1. The first-order valence-electron chi connectivity index (χ1n) is 6.53. The van der Waals surface area contributed by atoms with Crippen molar-refractivity contribution in [2.45, 2.75) is 32.0 Å². The van der Waals surface area contributed by atoms with Crippen LogP contribution in [0.3, 0.4) is 0 Å². The summed E-state index contributed by atoms with van der Waals surface area (Å²) >= 11 is 1.57. The van der Waals surface area contributed by atoms with E-state index in [1.807, 2.05) is 18.4 Å². The second-order valence-electron chi connectivity index (χ2n) is 4.85. The molecule has 100 valence electrons. The van der Waals surface area contributed by atoms with Crippen molar-refractivity contribution in [3.63, 3.8) is 0 Å². The van der Waals surface area contributed by atoms with Crippen LogP contribution in [0.2, 0.25) is 0 Å². The summed E-state index contributed by atoms with van der Waals surface area (Å²) in [4.78, 5) is 4.35. The highest BCUT2D eigenvalue weighted by atomic mass is 32.1. The molecule has 1 aromatic heterocycles. The molecule has 0 saturated heterocycles. The van der Waals surface area contributed by atoms with E-state index in [1.165, 1.54) is 11.1 Å². The standard InChI is InChI=1S/C15H17NO2S/c1-10-16-13(9-19-10)14(17)8-15-12-5-3-2-4-11(12)6-7-18-15/h2-5,9,14-15,17H,6-8H2,1H3. The number of hydrogen-bond donors (Lipinski definition) is 1. The Bertz CT molecular complexity index is 567. The summed E-state index contributed by atoms with van der Waals surface area (Å²) in [5.41, 5.74) is 3.30. The van der Waals surface area contributed by atoms with E-state index >= 15 is 0 Å². The molecule has 1 aromatic carbocycles. The molecule has 2 heterocycles. The number of aliphatic hydroxyl groups is 1. The van der Waals surface area contributed by atoms with Crippen LogP contribution in [0, 0.1) is 6.92 Å². The van der Waals surface area contributed by atoms with Crippen LogP contribution in [0.25, 0.3) is 0 Å². The smallest absolute Gasteiger partial charge is 0.0996 e. The van der Waals surface area contributed by atoms with Crippen molar-refractivity contribution in [1.29, 1.82) is 0 Å². The number of aromatic nitrogens is 1. The molecule has 0 aliphatic carbocycles. The Balaban J connectivity index is 1.77. The monoisotopic (exact) mass is 275 g/mol. The predicted molar refractivity (Wildman–Crippen MR) is 75.3 cm³/mol. The van der Waals surface area contributed by atoms with Crippen molar-refractivity contribution < 1.29 is 9.84 Å². The molecular formula is C15H17NO2S. The second-order valence-corrected chi connectivity index (χ2v) is 5.91. The molecule has 0 spiro atoms. The van der Waals surface area contributed by atoms with E-state index in [4.69, 9.17) is 4.74 Å². The van der Waals surface area contributed by atoms with Crippen LogP contribution in [0.5, 0.6) is 0 Å². The first-order chi connectivity index (χ1) is 9.24. The van der Waals surface area contributed by atoms with Gasteiger partial charge in [-0.25, -0.2) is 4.98 Å². The molecule has 0 bridgehead atoms. The van der Waals surface area contributed by atoms with Crippen LogP contribution in [0.1, 0.15) is 40.5 Å². The fraction of sp³-hybridized carbons (Fsp3) is 0.400. The topological polar surface area (TPSA) is 42.4 Å². The van der Waals surface area contributed by atoms with Gasteiger partial charge in [0.15, 0.2) is 0 Å². The van der Waals surface area contributed by atoms with E-state index in [9.17, 15) is 5.11 Å². The van der Waals surface area contributed by atoms with Crippen LogP contribution < -0.4 is 0 Å². The molecule has 0 fully saturated rings. The van der Waals surface area contributed by atoms with Gasteiger partial charge >= 0.3 is 0 Å². The fourth-order valence-corrected chi connectivity index (χ4v) is 3.19. The maximum atomic E-state index is 10.3. The molecule has 1 aliphatic heterocycles. The van der Waals surface area contributed by atoms with Crippen LogP contribution >= 0.6 is 11.3 Å². The van der Waals surface area contributed by atoms with E-state index in [1.54, 1.807) is 11.3 Å². The molecule has 1 N–H and O–H groups in total. The van der Waals surface area contributed by atoms with E-state index in [0.717, 1.165) is 23.7 Å². The summed E-state index contributed by atoms with van der Waals surface area (Å²) in [6.07, 6.45) is 0.946. The zero-order valence-corrected chi connectivity index (χ0v) is 11.7. The SMILES string of the molecule is Cc1nc(C(O)CC2OCCc3ccccc32)cs1. The Labute approximate surface area is 116 Å². The van der Waals surface area contributed by atoms with Gasteiger partial charge in [0.2, 0.25) is 0 Å². The highest BCUT2D eigenvalue weighted by molar-refractivity contribution is 7.09. The number of hydrogen-bond acceptors (Lipinski definition) is 4. The first-order valence-corrected chi connectivity index (χ1v) is 7.41. The molecule has 0 radical (unpaired) electrons. The van der Waals surface area contributed by atoms with Crippen LogP contribution in [-0.4, -0.2) is 16.7 Å². The number of rotatable bonds is 3.